The minimum atomic E-state index is -0.592. The molecule has 0 aliphatic carbocycles. The topological polar surface area (TPSA) is 65.0 Å². The summed E-state index contributed by atoms with van der Waals surface area (Å²) in [5, 5.41) is 9.46. The summed E-state index contributed by atoms with van der Waals surface area (Å²) in [5.41, 5.74) is 1.34. The maximum absolute atomic E-state index is 11.2. The lowest BCUT2D eigenvalue weighted by atomic mass is 9.99. The number of carbonyl (C=O) groups is 1. The molecule has 3 atom stereocenters. The second-order valence-corrected chi connectivity index (χ2v) is 4.90. The molecule has 0 aromatic heterocycles. The Kier molecular flexibility index (Phi) is 6.33. The van der Waals surface area contributed by atoms with Gasteiger partial charge in [-0.3, -0.25) is 4.79 Å². The van der Waals surface area contributed by atoms with Crippen LogP contribution in [0.25, 0.3) is 0 Å². The highest BCUT2D eigenvalue weighted by Crippen LogP contribution is 2.24. The van der Waals surface area contributed by atoms with Crippen LogP contribution in [0.3, 0.4) is 0 Å². The van der Waals surface area contributed by atoms with Gasteiger partial charge in [0.1, 0.15) is 18.3 Å². The molecule has 0 spiro atoms. The third-order valence-corrected chi connectivity index (χ3v) is 3.37. The van der Waals surface area contributed by atoms with E-state index in [4.69, 9.17) is 14.2 Å². The first-order valence-electron chi connectivity index (χ1n) is 7.09. The van der Waals surface area contributed by atoms with Crippen LogP contribution in [0.5, 0.6) is 0 Å². The second kappa shape index (κ2) is 8.48. The minimum absolute atomic E-state index is 0.226. The van der Waals surface area contributed by atoms with E-state index in [0.29, 0.717) is 18.5 Å². The summed E-state index contributed by atoms with van der Waals surface area (Å²) in [4.78, 5) is 11.2. The van der Waals surface area contributed by atoms with Crippen molar-refractivity contribution in [3.05, 3.63) is 60.4 Å². The molecule has 0 fully saturated rings. The van der Waals surface area contributed by atoms with Gasteiger partial charge in [-0.25, -0.2) is 0 Å². The summed E-state index contributed by atoms with van der Waals surface area (Å²) >= 11 is 0. The maximum atomic E-state index is 11.2. The van der Waals surface area contributed by atoms with Gasteiger partial charge in [-0.1, -0.05) is 36.4 Å². The van der Waals surface area contributed by atoms with Crippen LogP contribution in [-0.4, -0.2) is 42.9 Å². The van der Waals surface area contributed by atoms with E-state index in [9.17, 15) is 9.90 Å². The van der Waals surface area contributed by atoms with Crippen molar-refractivity contribution in [1.29, 1.82) is 0 Å². The van der Waals surface area contributed by atoms with Gasteiger partial charge in [-0.2, -0.15) is 0 Å². The highest BCUT2D eigenvalue weighted by molar-refractivity contribution is 5.74. The van der Waals surface area contributed by atoms with Crippen LogP contribution in [0.4, 0.5) is 0 Å². The standard InChI is InChI=1S/C17H20O5/c1-2-8-20-16-14(9-18)12-21-15(10-19)17(16)22-11-13-6-4-3-5-7-13/h2-7,9,12,15-17,19H,1,8,10-11H2/t15-,16+,17+/m1/s1. The number of carbonyl (C=O) groups excluding carboxylic acids is 1. The molecule has 1 heterocycles. The summed E-state index contributed by atoms with van der Waals surface area (Å²) in [6.45, 7) is 3.99. The first kappa shape index (κ1) is 16.4. The number of hydrogen-bond donors (Lipinski definition) is 1. The number of rotatable bonds is 8. The van der Waals surface area contributed by atoms with Crippen molar-refractivity contribution in [2.24, 2.45) is 0 Å². The van der Waals surface area contributed by atoms with E-state index in [2.05, 4.69) is 6.58 Å². The summed E-state index contributed by atoms with van der Waals surface area (Å²) in [6, 6.07) is 9.64. The summed E-state index contributed by atoms with van der Waals surface area (Å²) in [7, 11) is 0. The Bertz CT molecular complexity index is 511. The molecular formula is C17H20O5. The van der Waals surface area contributed by atoms with Crippen LogP contribution in [0.1, 0.15) is 5.56 Å². The zero-order valence-corrected chi connectivity index (χ0v) is 12.3. The zero-order valence-electron chi connectivity index (χ0n) is 12.3. The number of benzene rings is 1. The van der Waals surface area contributed by atoms with Crippen molar-refractivity contribution in [3.8, 4) is 0 Å². The second-order valence-electron chi connectivity index (χ2n) is 4.90. The van der Waals surface area contributed by atoms with Crippen molar-refractivity contribution < 1.29 is 24.1 Å². The summed E-state index contributed by atoms with van der Waals surface area (Å²) in [6.07, 6.45) is 1.85. The fourth-order valence-corrected chi connectivity index (χ4v) is 2.26. The molecular weight excluding hydrogens is 284 g/mol. The van der Waals surface area contributed by atoms with E-state index >= 15 is 0 Å². The van der Waals surface area contributed by atoms with E-state index in [1.54, 1.807) is 6.08 Å². The zero-order chi connectivity index (χ0) is 15.8. The Morgan fingerprint density at radius 2 is 2.05 bits per heavy atom. The third kappa shape index (κ3) is 4.04. The number of aliphatic hydroxyl groups is 1. The predicted molar refractivity (Wildman–Crippen MR) is 81.1 cm³/mol. The molecule has 1 aliphatic rings. The Morgan fingerprint density at radius 1 is 1.27 bits per heavy atom. The van der Waals surface area contributed by atoms with Gasteiger partial charge < -0.3 is 19.3 Å². The Hall–Kier alpha value is -1.95. The fourth-order valence-electron chi connectivity index (χ4n) is 2.26. The lowest BCUT2D eigenvalue weighted by Gasteiger charge is -2.35. The average molecular weight is 304 g/mol. The highest BCUT2D eigenvalue weighted by Gasteiger charge is 2.38. The third-order valence-electron chi connectivity index (χ3n) is 3.37. The van der Waals surface area contributed by atoms with Gasteiger partial charge >= 0.3 is 0 Å². The van der Waals surface area contributed by atoms with Crippen LogP contribution in [0.15, 0.2) is 54.8 Å². The molecule has 1 aromatic carbocycles. The molecule has 0 radical (unpaired) electrons. The lowest BCUT2D eigenvalue weighted by Crippen LogP contribution is -2.48. The number of aliphatic hydroxyl groups excluding tert-OH is 1. The number of aldehydes is 1. The molecule has 0 bridgehead atoms. The van der Waals surface area contributed by atoms with E-state index in [0.717, 1.165) is 5.56 Å². The van der Waals surface area contributed by atoms with Crippen molar-refractivity contribution in [1.82, 2.24) is 0 Å². The molecule has 1 aromatic rings. The van der Waals surface area contributed by atoms with Crippen molar-refractivity contribution >= 4 is 6.29 Å². The van der Waals surface area contributed by atoms with E-state index < -0.39 is 18.3 Å². The van der Waals surface area contributed by atoms with Crippen LogP contribution in [0, 0.1) is 0 Å². The SMILES string of the molecule is C=CCO[C@H]1C(C=O)=CO[C@H](CO)[C@@H]1OCc1ccccc1. The van der Waals surface area contributed by atoms with E-state index in [1.807, 2.05) is 30.3 Å². The van der Waals surface area contributed by atoms with Crippen LogP contribution in [-0.2, 0) is 25.6 Å². The quantitative estimate of drug-likeness (QED) is 0.584. The first-order chi connectivity index (χ1) is 10.8. The molecule has 5 heteroatoms. The van der Waals surface area contributed by atoms with Crippen molar-refractivity contribution in [2.75, 3.05) is 13.2 Å². The molecule has 2 rings (SSSR count). The molecule has 0 saturated heterocycles. The smallest absolute Gasteiger partial charge is 0.151 e. The molecule has 0 saturated carbocycles. The van der Waals surface area contributed by atoms with Gasteiger partial charge in [0.25, 0.3) is 0 Å². The van der Waals surface area contributed by atoms with Gasteiger partial charge in [-0.05, 0) is 5.56 Å². The van der Waals surface area contributed by atoms with Gasteiger partial charge in [0.2, 0.25) is 0 Å². The average Bonchev–Trinajstić information content (AvgIpc) is 2.58. The lowest BCUT2D eigenvalue weighted by molar-refractivity contribution is -0.142. The summed E-state index contributed by atoms with van der Waals surface area (Å²) in [5.74, 6) is 0. The van der Waals surface area contributed by atoms with Crippen molar-refractivity contribution in [3.63, 3.8) is 0 Å². The van der Waals surface area contributed by atoms with Crippen LogP contribution in [0.2, 0.25) is 0 Å². The fraction of sp³-hybridized carbons (Fsp3) is 0.353. The Morgan fingerprint density at radius 3 is 2.68 bits per heavy atom. The molecule has 1 N–H and O–H groups in total. The van der Waals surface area contributed by atoms with Crippen LogP contribution >= 0.6 is 0 Å². The monoisotopic (exact) mass is 304 g/mol. The van der Waals surface area contributed by atoms with Gasteiger partial charge in [0, 0.05) is 0 Å². The first-order valence-corrected chi connectivity index (χ1v) is 7.09. The Balaban J connectivity index is 2.12. The van der Waals surface area contributed by atoms with Gasteiger partial charge in [0.15, 0.2) is 6.29 Å². The van der Waals surface area contributed by atoms with Gasteiger partial charge in [0.05, 0.1) is 31.7 Å². The Labute approximate surface area is 129 Å². The number of ether oxygens (including phenoxy) is 3. The molecule has 1 aliphatic heterocycles. The maximum Gasteiger partial charge on any atom is 0.151 e. The molecule has 0 amide bonds. The minimum Gasteiger partial charge on any atom is -0.492 e. The molecule has 0 unspecified atom stereocenters. The normalized spacial score (nSPS) is 24.2. The largest absolute Gasteiger partial charge is 0.492 e. The molecule has 22 heavy (non-hydrogen) atoms. The van der Waals surface area contributed by atoms with Crippen LogP contribution < -0.4 is 0 Å². The van der Waals surface area contributed by atoms with E-state index in [-0.39, 0.29) is 13.2 Å². The summed E-state index contributed by atoms with van der Waals surface area (Å²) < 4.78 is 16.9. The van der Waals surface area contributed by atoms with E-state index in [1.165, 1.54) is 6.26 Å². The predicted octanol–water partition coefficient (Wildman–Crippen LogP) is 1.62. The van der Waals surface area contributed by atoms with Crippen molar-refractivity contribution in [2.45, 2.75) is 24.9 Å². The van der Waals surface area contributed by atoms with Gasteiger partial charge in [-0.15, -0.1) is 6.58 Å². The number of hydrogen-bond acceptors (Lipinski definition) is 5. The molecule has 118 valence electrons. The highest BCUT2D eigenvalue weighted by atomic mass is 16.6. The molecule has 5 nitrogen and oxygen atoms in total.